The van der Waals surface area contributed by atoms with Crippen LogP contribution in [0.25, 0.3) is 0 Å². The van der Waals surface area contributed by atoms with Crippen LogP contribution in [0, 0.1) is 12.8 Å². The highest BCUT2D eigenvalue weighted by molar-refractivity contribution is 5.18. The zero-order valence-corrected chi connectivity index (χ0v) is 13.2. The largest absolute Gasteiger partial charge is 0.329 e. The minimum absolute atomic E-state index is 0.176. The number of pyridine rings is 1. The molecule has 0 aliphatic heterocycles. The molecule has 3 heteroatoms. The Morgan fingerprint density at radius 2 is 2.10 bits per heavy atom. The summed E-state index contributed by atoms with van der Waals surface area (Å²) in [7, 11) is 2.22. The standard InChI is InChI=1S/C17H29N3/c1-4-15-7-9-17(13-18,10-8-15)20(3)12-16-14(2)6-5-11-19-16/h5-6,11,15H,4,7-10,12-13,18H2,1-3H3. The van der Waals surface area contributed by atoms with E-state index in [0.29, 0.717) is 0 Å². The van der Waals surface area contributed by atoms with E-state index in [1.807, 2.05) is 12.3 Å². The molecule has 20 heavy (non-hydrogen) atoms. The molecule has 0 bridgehead atoms. The van der Waals surface area contributed by atoms with Gasteiger partial charge in [0, 0.05) is 24.8 Å². The first kappa shape index (κ1) is 15.5. The SMILES string of the molecule is CCC1CCC(CN)(N(C)Cc2ncccc2C)CC1. The Labute approximate surface area is 123 Å². The second-order valence-electron chi connectivity index (χ2n) is 6.40. The maximum absolute atomic E-state index is 6.16. The van der Waals surface area contributed by atoms with Crippen molar-refractivity contribution in [2.75, 3.05) is 13.6 Å². The summed E-state index contributed by atoms with van der Waals surface area (Å²) in [5, 5.41) is 0. The smallest absolute Gasteiger partial charge is 0.0573 e. The van der Waals surface area contributed by atoms with Gasteiger partial charge in [0.1, 0.15) is 0 Å². The second kappa shape index (κ2) is 6.68. The Hall–Kier alpha value is -0.930. The zero-order valence-electron chi connectivity index (χ0n) is 13.2. The van der Waals surface area contributed by atoms with Crippen molar-refractivity contribution in [2.45, 2.75) is 58.0 Å². The number of nitrogens with two attached hydrogens (primary N) is 1. The summed E-state index contributed by atoms with van der Waals surface area (Å²) in [6.07, 6.45) is 8.29. The van der Waals surface area contributed by atoms with Crippen LogP contribution in [0.2, 0.25) is 0 Å². The maximum atomic E-state index is 6.16. The molecule has 1 aliphatic carbocycles. The summed E-state index contributed by atoms with van der Waals surface area (Å²) in [6.45, 7) is 6.10. The van der Waals surface area contributed by atoms with Crippen molar-refractivity contribution in [1.29, 1.82) is 0 Å². The molecule has 1 aromatic rings. The Kier molecular flexibility index (Phi) is 5.17. The fourth-order valence-electron chi connectivity index (χ4n) is 3.44. The lowest BCUT2D eigenvalue weighted by molar-refractivity contribution is 0.0568. The van der Waals surface area contributed by atoms with Crippen LogP contribution in [0.4, 0.5) is 0 Å². The van der Waals surface area contributed by atoms with Gasteiger partial charge in [0.05, 0.1) is 5.69 Å². The highest BCUT2D eigenvalue weighted by Crippen LogP contribution is 2.37. The van der Waals surface area contributed by atoms with E-state index in [1.54, 1.807) is 0 Å². The van der Waals surface area contributed by atoms with Crippen LogP contribution >= 0.6 is 0 Å². The summed E-state index contributed by atoms with van der Waals surface area (Å²) in [5.74, 6) is 0.902. The van der Waals surface area contributed by atoms with Gasteiger partial charge in [-0.25, -0.2) is 0 Å². The van der Waals surface area contributed by atoms with Gasteiger partial charge in [-0.1, -0.05) is 19.4 Å². The first-order chi connectivity index (χ1) is 9.61. The molecule has 0 saturated heterocycles. The maximum Gasteiger partial charge on any atom is 0.0573 e. The van der Waals surface area contributed by atoms with Crippen LogP contribution in [0.1, 0.15) is 50.3 Å². The van der Waals surface area contributed by atoms with Gasteiger partial charge in [0.15, 0.2) is 0 Å². The molecule has 0 unspecified atom stereocenters. The number of hydrogen-bond acceptors (Lipinski definition) is 3. The van der Waals surface area contributed by atoms with Crippen LogP contribution in [-0.2, 0) is 6.54 Å². The number of aromatic nitrogens is 1. The van der Waals surface area contributed by atoms with Crippen molar-refractivity contribution < 1.29 is 0 Å². The second-order valence-corrected chi connectivity index (χ2v) is 6.40. The molecular weight excluding hydrogens is 246 g/mol. The highest BCUT2D eigenvalue weighted by atomic mass is 15.2. The Balaban J connectivity index is 2.06. The third-order valence-corrected chi connectivity index (χ3v) is 5.31. The van der Waals surface area contributed by atoms with E-state index >= 15 is 0 Å². The summed E-state index contributed by atoms with van der Waals surface area (Å²) < 4.78 is 0. The molecule has 0 aromatic carbocycles. The molecule has 2 N–H and O–H groups in total. The van der Waals surface area contributed by atoms with Crippen LogP contribution in [0.5, 0.6) is 0 Å². The topological polar surface area (TPSA) is 42.1 Å². The average Bonchev–Trinajstić information content (AvgIpc) is 2.49. The fourth-order valence-corrected chi connectivity index (χ4v) is 3.44. The van der Waals surface area contributed by atoms with Crippen molar-refractivity contribution >= 4 is 0 Å². The van der Waals surface area contributed by atoms with E-state index in [4.69, 9.17) is 5.73 Å². The highest BCUT2D eigenvalue weighted by Gasteiger charge is 2.37. The van der Waals surface area contributed by atoms with Crippen LogP contribution in [-0.4, -0.2) is 29.0 Å². The van der Waals surface area contributed by atoms with E-state index in [2.05, 4.69) is 36.8 Å². The number of likely N-dealkylation sites (N-methyl/N-ethyl adjacent to an activating group) is 1. The van der Waals surface area contributed by atoms with Gasteiger partial charge < -0.3 is 5.73 Å². The third-order valence-electron chi connectivity index (χ3n) is 5.31. The number of rotatable bonds is 5. The van der Waals surface area contributed by atoms with E-state index in [1.165, 1.54) is 43.4 Å². The van der Waals surface area contributed by atoms with Crippen molar-refractivity contribution in [3.8, 4) is 0 Å². The molecule has 1 aromatic heterocycles. The van der Waals surface area contributed by atoms with E-state index in [-0.39, 0.29) is 5.54 Å². The Morgan fingerprint density at radius 1 is 1.40 bits per heavy atom. The van der Waals surface area contributed by atoms with Crippen molar-refractivity contribution in [2.24, 2.45) is 11.7 Å². The number of hydrogen-bond donors (Lipinski definition) is 1. The van der Waals surface area contributed by atoms with Gasteiger partial charge in [0.2, 0.25) is 0 Å². The van der Waals surface area contributed by atoms with Gasteiger partial charge in [-0.05, 0) is 57.2 Å². The van der Waals surface area contributed by atoms with Crippen LogP contribution in [0.3, 0.4) is 0 Å². The summed E-state index contributed by atoms with van der Waals surface area (Å²) in [5.41, 5.74) is 8.78. The van der Waals surface area contributed by atoms with E-state index in [9.17, 15) is 0 Å². The molecule has 0 spiro atoms. The first-order valence-electron chi connectivity index (χ1n) is 7.93. The predicted octanol–water partition coefficient (Wildman–Crippen LogP) is 3.12. The molecule has 0 atom stereocenters. The molecule has 3 nitrogen and oxygen atoms in total. The average molecular weight is 275 g/mol. The van der Waals surface area contributed by atoms with Crippen LogP contribution in [0.15, 0.2) is 18.3 Å². The van der Waals surface area contributed by atoms with Gasteiger partial charge in [0.25, 0.3) is 0 Å². The quantitative estimate of drug-likeness (QED) is 0.897. The molecule has 112 valence electrons. The van der Waals surface area contributed by atoms with Crippen molar-refractivity contribution in [3.05, 3.63) is 29.6 Å². The Morgan fingerprint density at radius 3 is 2.65 bits per heavy atom. The van der Waals surface area contributed by atoms with Gasteiger partial charge in [-0.3, -0.25) is 9.88 Å². The molecule has 1 heterocycles. The van der Waals surface area contributed by atoms with Gasteiger partial charge in [-0.2, -0.15) is 0 Å². The normalized spacial score (nSPS) is 26.9. The van der Waals surface area contributed by atoms with Crippen molar-refractivity contribution in [3.63, 3.8) is 0 Å². The molecule has 1 aliphatic rings. The number of nitrogens with zero attached hydrogens (tertiary/aromatic N) is 2. The molecule has 2 rings (SSSR count). The first-order valence-corrected chi connectivity index (χ1v) is 7.93. The monoisotopic (exact) mass is 275 g/mol. The molecular formula is C17H29N3. The van der Waals surface area contributed by atoms with E-state index < -0.39 is 0 Å². The summed E-state index contributed by atoms with van der Waals surface area (Å²) >= 11 is 0. The molecule has 1 saturated carbocycles. The van der Waals surface area contributed by atoms with Crippen LogP contribution < -0.4 is 5.73 Å². The lowest BCUT2D eigenvalue weighted by Gasteiger charge is -2.46. The van der Waals surface area contributed by atoms with E-state index in [0.717, 1.165) is 19.0 Å². The fraction of sp³-hybridized carbons (Fsp3) is 0.706. The molecule has 0 amide bonds. The predicted molar refractivity (Wildman–Crippen MR) is 84.5 cm³/mol. The number of aryl methyl sites for hydroxylation is 1. The Bertz CT molecular complexity index is 422. The molecule has 0 radical (unpaired) electrons. The minimum Gasteiger partial charge on any atom is -0.329 e. The van der Waals surface area contributed by atoms with Gasteiger partial charge >= 0.3 is 0 Å². The zero-order chi connectivity index (χ0) is 14.6. The third kappa shape index (κ3) is 3.21. The van der Waals surface area contributed by atoms with Gasteiger partial charge in [-0.15, -0.1) is 0 Å². The van der Waals surface area contributed by atoms with Crippen molar-refractivity contribution in [1.82, 2.24) is 9.88 Å². The lowest BCUT2D eigenvalue weighted by atomic mass is 9.74. The minimum atomic E-state index is 0.176. The summed E-state index contributed by atoms with van der Waals surface area (Å²) in [6, 6.07) is 4.14. The lowest BCUT2D eigenvalue weighted by Crippen LogP contribution is -2.53. The summed E-state index contributed by atoms with van der Waals surface area (Å²) in [4.78, 5) is 6.98. The molecule has 1 fully saturated rings.